The lowest BCUT2D eigenvalue weighted by atomic mass is 9.75. The summed E-state index contributed by atoms with van der Waals surface area (Å²) in [6.07, 6.45) is 3.76. The Morgan fingerprint density at radius 2 is 1.32 bits per heavy atom. The molecule has 0 spiro atoms. The summed E-state index contributed by atoms with van der Waals surface area (Å²) in [5.41, 5.74) is 0.992. The van der Waals surface area contributed by atoms with Gasteiger partial charge in [0.1, 0.15) is 0 Å². The van der Waals surface area contributed by atoms with Crippen LogP contribution in [0, 0.1) is 5.41 Å². The lowest BCUT2D eigenvalue weighted by Gasteiger charge is -2.32. The summed E-state index contributed by atoms with van der Waals surface area (Å²) in [6, 6.07) is 4.73. The van der Waals surface area contributed by atoms with Crippen molar-refractivity contribution in [3.63, 3.8) is 0 Å². The van der Waals surface area contributed by atoms with Crippen LogP contribution in [0.5, 0.6) is 0 Å². The van der Waals surface area contributed by atoms with E-state index in [0.29, 0.717) is 10.8 Å². The number of hydrogen-bond donors (Lipinski definition) is 0. The van der Waals surface area contributed by atoms with Crippen LogP contribution in [0.25, 0.3) is 0 Å². The summed E-state index contributed by atoms with van der Waals surface area (Å²) < 4.78 is 0. The van der Waals surface area contributed by atoms with E-state index in [-0.39, 0.29) is 5.41 Å². The maximum atomic E-state index is 2.39. The Morgan fingerprint density at radius 1 is 0.842 bits per heavy atom. The van der Waals surface area contributed by atoms with Crippen LogP contribution in [0.15, 0.2) is 12.1 Å². The standard InChI is InChI=1S/C18H32S/c1-9-12-17(5,6)14-10-11-15(19-14)18(7,8)13-16(2,3)4/h10-11H,9,12-13H2,1-8H3. The minimum atomic E-state index is 0.281. The molecule has 110 valence electrons. The van der Waals surface area contributed by atoms with Crippen molar-refractivity contribution in [3.05, 3.63) is 21.9 Å². The molecular weight excluding hydrogens is 248 g/mol. The molecule has 1 aromatic rings. The number of hydrogen-bond acceptors (Lipinski definition) is 1. The van der Waals surface area contributed by atoms with Gasteiger partial charge in [-0.1, -0.05) is 61.8 Å². The van der Waals surface area contributed by atoms with Crippen molar-refractivity contribution >= 4 is 11.3 Å². The molecule has 0 aliphatic heterocycles. The van der Waals surface area contributed by atoms with Crippen molar-refractivity contribution in [2.45, 2.75) is 85.5 Å². The van der Waals surface area contributed by atoms with Gasteiger partial charge in [0.2, 0.25) is 0 Å². The third-order valence-electron chi connectivity index (χ3n) is 3.79. The molecule has 0 atom stereocenters. The van der Waals surface area contributed by atoms with E-state index in [0.717, 1.165) is 0 Å². The van der Waals surface area contributed by atoms with Gasteiger partial charge in [0, 0.05) is 9.75 Å². The molecule has 1 heteroatoms. The molecule has 0 unspecified atom stereocenters. The Morgan fingerprint density at radius 3 is 1.74 bits per heavy atom. The van der Waals surface area contributed by atoms with Gasteiger partial charge >= 0.3 is 0 Å². The highest BCUT2D eigenvalue weighted by molar-refractivity contribution is 7.12. The monoisotopic (exact) mass is 280 g/mol. The zero-order valence-electron chi connectivity index (χ0n) is 14.2. The molecule has 0 bridgehead atoms. The Kier molecular flexibility index (Phi) is 4.93. The molecule has 0 saturated heterocycles. The molecule has 0 N–H and O–H groups in total. The average molecular weight is 281 g/mol. The molecule has 0 aliphatic carbocycles. The largest absolute Gasteiger partial charge is 0.144 e. The summed E-state index contributed by atoms with van der Waals surface area (Å²) in [7, 11) is 0. The predicted octanol–water partition coefficient (Wildman–Crippen LogP) is 6.54. The highest BCUT2D eigenvalue weighted by Gasteiger charge is 2.30. The van der Waals surface area contributed by atoms with Crippen LogP contribution in [-0.4, -0.2) is 0 Å². The van der Waals surface area contributed by atoms with Crippen LogP contribution in [0.2, 0.25) is 0 Å². The minimum absolute atomic E-state index is 0.281. The highest BCUT2D eigenvalue weighted by Crippen LogP contribution is 2.42. The van der Waals surface area contributed by atoms with Crippen molar-refractivity contribution in [2.75, 3.05) is 0 Å². The first-order valence-corrected chi connectivity index (χ1v) is 8.40. The van der Waals surface area contributed by atoms with Gasteiger partial charge in [-0.3, -0.25) is 0 Å². The Hall–Kier alpha value is -0.300. The van der Waals surface area contributed by atoms with Gasteiger partial charge in [-0.2, -0.15) is 0 Å². The Labute approximate surface area is 124 Å². The van der Waals surface area contributed by atoms with Crippen molar-refractivity contribution in [3.8, 4) is 0 Å². The van der Waals surface area contributed by atoms with Gasteiger partial charge in [-0.05, 0) is 41.2 Å². The second-order valence-corrected chi connectivity index (χ2v) is 9.50. The van der Waals surface area contributed by atoms with Crippen molar-refractivity contribution in [2.24, 2.45) is 5.41 Å². The van der Waals surface area contributed by atoms with Crippen LogP contribution >= 0.6 is 11.3 Å². The van der Waals surface area contributed by atoms with Crippen LogP contribution < -0.4 is 0 Å². The summed E-state index contributed by atoms with van der Waals surface area (Å²) in [4.78, 5) is 3.09. The summed E-state index contributed by atoms with van der Waals surface area (Å²) in [5.74, 6) is 0. The first-order valence-electron chi connectivity index (χ1n) is 7.59. The summed E-state index contributed by atoms with van der Waals surface area (Å²) >= 11 is 2.03. The number of rotatable bonds is 5. The van der Waals surface area contributed by atoms with Crippen molar-refractivity contribution in [1.82, 2.24) is 0 Å². The van der Waals surface area contributed by atoms with E-state index < -0.39 is 0 Å². The first-order chi connectivity index (χ1) is 8.48. The lowest BCUT2D eigenvalue weighted by Crippen LogP contribution is -2.23. The van der Waals surface area contributed by atoms with Crippen molar-refractivity contribution in [1.29, 1.82) is 0 Å². The van der Waals surface area contributed by atoms with E-state index in [2.05, 4.69) is 67.5 Å². The van der Waals surface area contributed by atoms with Crippen LogP contribution in [0.3, 0.4) is 0 Å². The Balaban J connectivity index is 2.96. The molecule has 0 aliphatic rings. The van der Waals surface area contributed by atoms with E-state index in [1.807, 2.05) is 11.3 Å². The number of thiophene rings is 1. The molecule has 0 radical (unpaired) electrons. The zero-order chi connectivity index (χ0) is 14.9. The fraction of sp³-hybridized carbons (Fsp3) is 0.778. The van der Waals surface area contributed by atoms with Gasteiger partial charge in [0.05, 0.1) is 0 Å². The maximum absolute atomic E-state index is 2.39. The van der Waals surface area contributed by atoms with Crippen LogP contribution in [-0.2, 0) is 10.8 Å². The Bertz CT molecular complexity index is 402. The van der Waals surface area contributed by atoms with Gasteiger partial charge in [-0.25, -0.2) is 0 Å². The molecule has 0 nitrogen and oxygen atoms in total. The second kappa shape index (κ2) is 5.60. The minimum Gasteiger partial charge on any atom is -0.144 e. The van der Waals surface area contributed by atoms with Crippen molar-refractivity contribution < 1.29 is 0 Å². The van der Waals surface area contributed by atoms with Gasteiger partial charge < -0.3 is 0 Å². The molecule has 1 aromatic heterocycles. The quantitative estimate of drug-likeness (QED) is 0.574. The van der Waals surface area contributed by atoms with Gasteiger partial charge in [0.15, 0.2) is 0 Å². The highest BCUT2D eigenvalue weighted by atomic mass is 32.1. The maximum Gasteiger partial charge on any atom is 0.0105 e. The van der Waals surface area contributed by atoms with Crippen LogP contribution in [0.4, 0.5) is 0 Å². The summed E-state index contributed by atoms with van der Waals surface area (Å²) in [5, 5.41) is 0. The van der Waals surface area contributed by atoms with Crippen LogP contribution in [0.1, 0.15) is 84.4 Å². The average Bonchev–Trinajstić information content (AvgIpc) is 2.62. The normalized spacial score (nSPS) is 13.9. The smallest absolute Gasteiger partial charge is 0.0105 e. The predicted molar refractivity (Wildman–Crippen MR) is 89.4 cm³/mol. The second-order valence-electron chi connectivity index (χ2n) is 8.42. The third-order valence-corrected chi connectivity index (χ3v) is 5.60. The molecule has 0 aromatic carbocycles. The third kappa shape index (κ3) is 4.63. The zero-order valence-corrected chi connectivity index (χ0v) is 15.0. The first kappa shape index (κ1) is 16.8. The molecule has 0 amide bonds. The van der Waals surface area contributed by atoms with E-state index in [1.54, 1.807) is 9.75 Å². The topological polar surface area (TPSA) is 0 Å². The fourth-order valence-electron chi connectivity index (χ4n) is 3.23. The van der Waals surface area contributed by atoms with E-state index >= 15 is 0 Å². The van der Waals surface area contributed by atoms with E-state index in [4.69, 9.17) is 0 Å². The van der Waals surface area contributed by atoms with E-state index in [9.17, 15) is 0 Å². The summed E-state index contributed by atoms with van der Waals surface area (Å²) in [6.45, 7) is 18.8. The molecule has 0 fully saturated rings. The van der Waals surface area contributed by atoms with Gasteiger partial charge in [-0.15, -0.1) is 11.3 Å². The fourth-order valence-corrected chi connectivity index (χ4v) is 4.46. The molecule has 1 heterocycles. The molecular formula is C18H32S. The molecule has 0 saturated carbocycles. The SMILES string of the molecule is CCCC(C)(C)c1ccc(C(C)(C)CC(C)(C)C)s1. The van der Waals surface area contributed by atoms with Gasteiger partial charge in [0.25, 0.3) is 0 Å². The molecule has 1 rings (SSSR count). The van der Waals surface area contributed by atoms with E-state index in [1.165, 1.54) is 19.3 Å². The molecule has 19 heavy (non-hydrogen) atoms. The lowest BCUT2D eigenvalue weighted by molar-refractivity contribution is 0.287.